The van der Waals surface area contributed by atoms with E-state index in [9.17, 15) is 4.79 Å². The van der Waals surface area contributed by atoms with Crippen LogP contribution in [0.25, 0.3) is 0 Å². The molecule has 4 nitrogen and oxygen atoms in total. The van der Waals surface area contributed by atoms with Crippen LogP contribution < -0.4 is 5.73 Å². The first-order chi connectivity index (χ1) is 9.66. The molecule has 1 saturated carbocycles. The maximum atomic E-state index is 12.7. The van der Waals surface area contributed by atoms with Crippen molar-refractivity contribution in [2.24, 2.45) is 0 Å². The third kappa shape index (κ3) is 2.51. The lowest BCUT2D eigenvalue weighted by Crippen LogP contribution is -2.33. The first-order valence-corrected chi connectivity index (χ1v) is 6.92. The van der Waals surface area contributed by atoms with E-state index < -0.39 is 0 Å². The smallest absolute Gasteiger partial charge is 0.258 e. The van der Waals surface area contributed by atoms with Gasteiger partial charge in [-0.3, -0.25) is 4.79 Å². The summed E-state index contributed by atoms with van der Waals surface area (Å²) >= 11 is 6.12. The molecule has 2 aromatic rings. The van der Waals surface area contributed by atoms with Gasteiger partial charge in [-0.05, 0) is 37.1 Å². The fourth-order valence-corrected chi connectivity index (χ4v) is 2.50. The van der Waals surface area contributed by atoms with E-state index >= 15 is 0 Å². The van der Waals surface area contributed by atoms with E-state index in [2.05, 4.69) is 0 Å². The zero-order valence-corrected chi connectivity index (χ0v) is 11.6. The Labute approximate surface area is 122 Å². The van der Waals surface area contributed by atoms with Crippen LogP contribution in [0.5, 0.6) is 0 Å². The van der Waals surface area contributed by atoms with Crippen LogP contribution in [0.3, 0.4) is 0 Å². The Kier molecular flexibility index (Phi) is 3.40. The number of hydrogen-bond donors (Lipinski definition) is 1. The van der Waals surface area contributed by atoms with Gasteiger partial charge in [0.1, 0.15) is 5.76 Å². The van der Waals surface area contributed by atoms with Crippen LogP contribution >= 0.6 is 11.6 Å². The molecule has 1 aromatic heterocycles. The Morgan fingerprint density at radius 3 is 2.75 bits per heavy atom. The largest absolute Gasteiger partial charge is 0.467 e. The van der Waals surface area contributed by atoms with Crippen LogP contribution in [0.15, 0.2) is 41.0 Å². The molecule has 0 saturated heterocycles. The molecule has 0 radical (unpaired) electrons. The van der Waals surface area contributed by atoms with Gasteiger partial charge in [-0.15, -0.1) is 0 Å². The standard InChI is InChI=1S/C15H15ClN2O2/c16-12-4-1-5-13(17)14(12)15(19)18(10-6-7-10)9-11-3-2-8-20-11/h1-5,8,10H,6-7,9,17H2. The van der Waals surface area contributed by atoms with Crippen molar-refractivity contribution in [3.05, 3.63) is 52.9 Å². The number of carbonyl (C=O) groups is 1. The van der Waals surface area contributed by atoms with Crippen LogP contribution in [-0.4, -0.2) is 16.8 Å². The van der Waals surface area contributed by atoms with Gasteiger partial charge in [0.25, 0.3) is 5.91 Å². The number of rotatable bonds is 4. The normalized spacial score (nSPS) is 14.2. The van der Waals surface area contributed by atoms with Crippen LogP contribution in [0.4, 0.5) is 5.69 Å². The van der Waals surface area contributed by atoms with Crippen molar-refractivity contribution >= 4 is 23.2 Å². The molecular weight excluding hydrogens is 276 g/mol. The summed E-state index contributed by atoms with van der Waals surface area (Å²) in [5, 5.41) is 0.389. The Bertz CT molecular complexity index is 601. The minimum absolute atomic E-state index is 0.132. The van der Waals surface area contributed by atoms with E-state index in [0.717, 1.165) is 18.6 Å². The molecule has 0 bridgehead atoms. The summed E-state index contributed by atoms with van der Waals surface area (Å²) in [6.07, 6.45) is 3.63. The van der Waals surface area contributed by atoms with Crippen LogP contribution in [0.1, 0.15) is 29.0 Å². The first-order valence-electron chi connectivity index (χ1n) is 6.54. The van der Waals surface area contributed by atoms with Gasteiger partial charge in [-0.25, -0.2) is 0 Å². The molecular formula is C15H15ClN2O2. The summed E-state index contributed by atoms with van der Waals surface area (Å²) in [4.78, 5) is 14.5. The molecule has 1 aliphatic rings. The summed E-state index contributed by atoms with van der Waals surface area (Å²) in [5.41, 5.74) is 6.69. The van der Waals surface area contributed by atoms with Crippen molar-refractivity contribution in [1.82, 2.24) is 4.90 Å². The number of amides is 1. The molecule has 0 aliphatic heterocycles. The minimum Gasteiger partial charge on any atom is -0.467 e. The van der Waals surface area contributed by atoms with E-state index in [0.29, 0.717) is 22.8 Å². The van der Waals surface area contributed by atoms with Crippen LogP contribution in [-0.2, 0) is 6.54 Å². The Morgan fingerprint density at radius 1 is 1.35 bits per heavy atom. The number of nitrogens with two attached hydrogens (primary N) is 1. The number of carbonyl (C=O) groups excluding carboxylic acids is 1. The molecule has 0 atom stereocenters. The van der Waals surface area contributed by atoms with Crippen LogP contribution in [0, 0.1) is 0 Å². The second-order valence-corrected chi connectivity index (χ2v) is 5.35. The van der Waals surface area contributed by atoms with Crippen molar-refractivity contribution in [2.75, 3.05) is 5.73 Å². The molecule has 5 heteroatoms. The predicted molar refractivity (Wildman–Crippen MR) is 77.5 cm³/mol. The molecule has 1 amide bonds. The number of nitrogen functional groups attached to an aromatic ring is 1. The topological polar surface area (TPSA) is 59.5 Å². The molecule has 104 valence electrons. The number of furan rings is 1. The van der Waals surface area contributed by atoms with Gasteiger partial charge in [-0.1, -0.05) is 17.7 Å². The average Bonchev–Trinajstić information content (AvgIpc) is 3.12. The van der Waals surface area contributed by atoms with Crippen molar-refractivity contribution in [1.29, 1.82) is 0 Å². The number of anilines is 1. The molecule has 1 fully saturated rings. The van der Waals surface area contributed by atoms with Crippen LogP contribution in [0.2, 0.25) is 5.02 Å². The Hall–Kier alpha value is -1.94. The van der Waals surface area contributed by atoms with Gasteiger partial charge in [0, 0.05) is 11.7 Å². The van der Waals surface area contributed by atoms with Gasteiger partial charge in [0.2, 0.25) is 0 Å². The molecule has 3 rings (SSSR count). The van der Waals surface area contributed by atoms with Gasteiger partial charge in [0.15, 0.2) is 0 Å². The first kappa shape index (κ1) is 13.1. The predicted octanol–water partition coefficient (Wildman–Crippen LogP) is 3.32. The molecule has 20 heavy (non-hydrogen) atoms. The molecule has 0 spiro atoms. The minimum atomic E-state index is -0.132. The summed E-state index contributed by atoms with van der Waals surface area (Å²) < 4.78 is 5.33. The lowest BCUT2D eigenvalue weighted by atomic mass is 10.1. The number of benzene rings is 1. The summed E-state index contributed by atoms with van der Waals surface area (Å²) in [5.74, 6) is 0.628. The molecule has 1 aliphatic carbocycles. The number of hydrogen-bond acceptors (Lipinski definition) is 3. The quantitative estimate of drug-likeness (QED) is 0.879. The highest BCUT2D eigenvalue weighted by Crippen LogP contribution is 2.32. The fraction of sp³-hybridized carbons (Fsp3) is 0.267. The van der Waals surface area contributed by atoms with Gasteiger partial charge in [-0.2, -0.15) is 0 Å². The maximum Gasteiger partial charge on any atom is 0.258 e. The zero-order chi connectivity index (χ0) is 14.1. The van der Waals surface area contributed by atoms with E-state index in [1.807, 2.05) is 12.1 Å². The van der Waals surface area contributed by atoms with E-state index in [1.165, 1.54) is 0 Å². The Morgan fingerprint density at radius 2 is 2.15 bits per heavy atom. The summed E-state index contributed by atoms with van der Waals surface area (Å²) in [6.45, 7) is 0.446. The monoisotopic (exact) mass is 290 g/mol. The Balaban J connectivity index is 1.89. The van der Waals surface area contributed by atoms with Crippen molar-refractivity contribution in [3.8, 4) is 0 Å². The van der Waals surface area contributed by atoms with Gasteiger partial charge < -0.3 is 15.1 Å². The fourth-order valence-electron chi connectivity index (χ4n) is 2.23. The molecule has 2 N–H and O–H groups in total. The summed E-state index contributed by atoms with van der Waals surface area (Å²) in [7, 11) is 0. The third-order valence-corrected chi connectivity index (χ3v) is 3.73. The molecule has 0 unspecified atom stereocenters. The second-order valence-electron chi connectivity index (χ2n) is 4.95. The number of halogens is 1. The number of nitrogens with zero attached hydrogens (tertiary/aromatic N) is 1. The zero-order valence-electron chi connectivity index (χ0n) is 10.9. The maximum absolute atomic E-state index is 12.7. The van der Waals surface area contributed by atoms with Crippen molar-refractivity contribution < 1.29 is 9.21 Å². The van der Waals surface area contributed by atoms with E-state index in [-0.39, 0.29) is 11.9 Å². The average molecular weight is 291 g/mol. The lowest BCUT2D eigenvalue weighted by Gasteiger charge is -2.22. The van der Waals surface area contributed by atoms with Gasteiger partial charge >= 0.3 is 0 Å². The molecule has 1 heterocycles. The van der Waals surface area contributed by atoms with Gasteiger partial charge in [0.05, 0.1) is 23.4 Å². The van der Waals surface area contributed by atoms with E-state index in [1.54, 1.807) is 29.4 Å². The highest BCUT2D eigenvalue weighted by atomic mass is 35.5. The van der Waals surface area contributed by atoms with E-state index in [4.69, 9.17) is 21.8 Å². The third-order valence-electron chi connectivity index (χ3n) is 3.41. The summed E-state index contributed by atoms with van der Waals surface area (Å²) in [6, 6.07) is 9.04. The highest BCUT2D eigenvalue weighted by Gasteiger charge is 2.34. The van der Waals surface area contributed by atoms with Crippen molar-refractivity contribution in [3.63, 3.8) is 0 Å². The SMILES string of the molecule is Nc1cccc(Cl)c1C(=O)N(Cc1ccco1)C1CC1. The highest BCUT2D eigenvalue weighted by molar-refractivity contribution is 6.34. The lowest BCUT2D eigenvalue weighted by molar-refractivity contribution is 0.0719. The second kappa shape index (κ2) is 5.21. The molecule has 1 aromatic carbocycles. The van der Waals surface area contributed by atoms with Crippen molar-refractivity contribution in [2.45, 2.75) is 25.4 Å².